The van der Waals surface area contributed by atoms with E-state index in [1.54, 1.807) is 0 Å². The van der Waals surface area contributed by atoms with Crippen LogP contribution >= 0.6 is 0 Å². The van der Waals surface area contributed by atoms with Crippen LogP contribution in [0.4, 0.5) is 4.79 Å². The Bertz CT molecular complexity index is 370. The van der Waals surface area contributed by atoms with Crippen molar-refractivity contribution in [2.24, 2.45) is 17.3 Å². The fourth-order valence-electron chi connectivity index (χ4n) is 2.44. The van der Waals surface area contributed by atoms with Crippen molar-refractivity contribution in [3.05, 3.63) is 0 Å². The van der Waals surface area contributed by atoms with Crippen LogP contribution in [-0.2, 0) is 4.79 Å². The van der Waals surface area contributed by atoms with Crippen LogP contribution in [0.25, 0.3) is 0 Å². The summed E-state index contributed by atoms with van der Waals surface area (Å²) >= 11 is 0. The molecule has 3 rings (SSSR count). The molecule has 0 spiro atoms. The van der Waals surface area contributed by atoms with Gasteiger partial charge in [0, 0.05) is 19.6 Å². The number of amides is 2. The highest BCUT2D eigenvalue weighted by Crippen LogP contribution is 2.45. The van der Waals surface area contributed by atoms with E-state index in [-0.39, 0.29) is 12.6 Å². The average molecular weight is 266 g/mol. The maximum absolute atomic E-state index is 12.2. The highest BCUT2D eigenvalue weighted by Gasteiger charge is 2.50. The minimum absolute atomic E-state index is 0.0636. The summed E-state index contributed by atoms with van der Waals surface area (Å²) in [6.45, 7) is 1.98. The Morgan fingerprint density at radius 1 is 1.11 bits per heavy atom. The van der Waals surface area contributed by atoms with Gasteiger partial charge in [0.15, 0.2) is 0 Å². The molecule has 0 heterocycles. The minimum atomic E-state index is -0.774. The fraction of sp³-hybridized carbons (Fsp3) is 0.857. The van der Waals surface area contributed by atoms with Gasteiger partial charge in [0.05, 0.1) is 5.41 Å². The second kappa shape index (κ2) is 4.69. The Balaban J connectivity index is 1.49. The van der Waals surface area contributed by atoms with Crippen LogP contribution in [0, 0.1) is 17.3 Å². The Morgan fingerprint density at radius 3 is 2.00 bits per heavy atom. The molecule has 0 aliphatic heterocycles. The highest BCUT2D eigenvalue weighted by atomic mass is 16.4. The summed E-state index contributed by atoms with van der Waals surface area (Å²) in [6, 6.07) is -0.0636. The van der Waals surface area contributed by atoms with Gasteiger partial charge in [-0.3, -0.25) is 4.79 Å². The van der Waals surface area contributed by atoms with Crippen molar-refractivity contribution in [1.82, 2.24) is 10.2 Å². The minimum Gasteiger partial charge on any atom is -0.481 e. The molecule has 106 valence electrons. The smallest absolute Gasteiger partial charge is 0.317 e. The number of aliphatic carboxylic acids is 1. The molecule has 0 saturated heterocycles. The maximum atomic E-state index is 12.2. The topological polar surface area (TPSA) is 69.6 Å². The van der Waals surface area contributed by atoms with Gasteiger partial charge in [-0.15, -0.1) is 0 Å². The van der Waals surface area contributed by atoms with E-state index in [0.717, 1.165) is 13.1 Å². The number of nitrogens with one attached hydrogen (secondary N) is 1. The lowest BCUT2D eigenvalue weighted by atomic mass is 10.1. The molecule has 5 nitrogen and oxygen atoms in total. The van der Waals surface area contributed by atoms with Gasteiger partial charge in [-0.25, -0.2) is 4.79 Å². The van der Waals surface area contributed by atoms with Crippen LogP contribution in [0.3, 0.4) is 0 Å². The lowest BCUT2D eigenvalue weighted by molar-refractivity contribution is -0.143. The van der Waals surface area contributed by atoms with E-state index in [4.69, 9.17) is 5.11 Å². The van der Waals surface area contributed by atoms with Crippen molar-refractivity contribution < 1.29 is 14.7 Å². The van der Waals surface area contributed by atoms with Crippen molar-refractivity contribution >= 4 is 12.0 Å². The predicted octanol–water partition coefficient (Wildman–Crippen LogP) is 1.68. The largest absolute Gasteiger partial charge is 0.481 e. The fourth-order valence-corrected chi connectivity index (χ4v) is 2.44. The Labute approximate surface area is 113 Å². The summed E-state index contributed by atoms with van der Waals surface area (Å²) in [6.07, 6.45) is 6.30. The number of urea groups is 1. The summed E-state index contributed by atoms with van der Waals surface area (Å²) in [7, 11) is 0. The number of hydrogen-bond donors (Lipinski definition) is 2. The van der Waals surface area contributed by atoms with E-state index in [2.05, 4.69) is 5.32 Å². The lowest BCUT2D eigenvalue weighted by Crippen LogP contribution is -2.45. The third kappa shape index (κ3) is 3.19. The first-order chi connectivity index (χ1) is 9.09. The third-order valence-electron chi connectivity index (χ3n) is 4.52. The Kier molecular flexibility index (Phi) is 3.15. The first-order valence-corrected chi connectivity index (χ1v) is 7.35. The van der Waals surface area contributed by atoms with E-state index in [1.165, 1.54) is 25.7 Å². The average Bonchev–Trinajstić information content (AvgIpc) is 3.24. The zero-order valence-electron chi connectivity index (χ0n) is 11.2. The molecule has 19 heavy (non-hydrogen) atoms. The van der Waals surface area contributed by atoms with E-state index >= 15 is 0 Å². The molecule has 0 aromatic heterocycles. The number of carboxylic acid groups (broad SMARTS) is 1. The molecule has 0 bridgehead atoms. The van der Waals surface area contributed by atoms with E-state index in [9.17, 15) is 9.59 Å². The first-order valence-electron chi connectivity index (χ1n) is 7.35. The quantitative estimate of drug-likeness (QED) is 0.736. The number of hydrogen-bond acceptors (Lipinski definition) is 2. The summed E-state index contributed by atoms with van der Waals surface area (Å²) in [5.41, 5.74) is -0.666. The van der Waals surface area contributed by atoms with Crippen LogP contribution in [0.15, 0.2) is 0 Å². The van der Waals surface area contributed by atoms with Gasteiger partial charge in [-0.05, 0) is 50.4 Å². The number of carboxylic acids is 1. The van der Waals surface area contributed by atoms with E-state index < -0.39 is 11.4 Å². The zero-order valence-corrected chi connectivity index (χ0v) is 11.2. The molecule has 5 heteroatoms. The Morgan fingerprint density at radius 2 is 1.63 bits per heavy atom. The molecule has 3 aliphatic carbocycles. The first kappa shape index (κ1) is 12.8. The number of carbonyl (C=O) groups excluding carboxylic acids is 1. The molecule has 2 N–H and O–H groups in total. The predicted molar refractivity (Wildman–Crippen MR) is 69.7 cm³/mol. The molecular formula is C14H22N2O3. The third-order valence-corrected chi connectivity index (χ3v) is 4.52. The van der Waals surface area contributed by atoms with Gasteiger partial charge >= 0.3 is 12.0 Å². The number of nitrogens with zero attached hydrogens (tertiary/aromatic N) is 1. The maximum Gasteiger partial charge on any atom is 0.317 e. The molecule has 0 aromatic carbocycles. The zero-order chi connectivity index (χ0) is 13.5. The molecular weight excluding hydrogens is 244 g/mol. The van der Waals surface area contributed by atoms with Crippen molar-refractivity contribution in [3.8, 4) is 0 Å². The van der Waals surface area contributed by atoms with Crippen LogP contribution in [0.5, 0.6) is 0 Å². The summed E-state index contributed by atoms with van der Waals surface area (Å²) < 4.78 is 0. The molecule has 3 saturated carbocycles. The molecule has 2 amide bonds. The van der Waals surface area contributed by atoms with Gasteiger partial charge in [0.2, 0.25) is 0 Å². The number of rotatable bonds is 7. The molecule has 3 fully saturated rings. The molecule has 0 aromatic rings. The molecule has 0 unspecified atom stereocenters. The van der Waals surface area contributed by atoms with Crippen molar-refractivity contribution in [2.75, 3.05) is 19.6 Å². The molecule has 3 aliphatic rings. The second-order valence-corrected chi connectivity index (χ2v) is 6.54. The van der Waals surface area contributed by atoms with Gasteiger partial charge in [0.1, 0.15) is 0 Å². The highest BCUT2D eigenvalue weighted by molar-refractivity contribution is 5.80. The normalized spacial score (nSPS) is 23.8. The Hall–Kier alpha value is -1.26. The van der Waals surface area contributed by atoms with Gasteiger partial charge in [-0.2, -0.15) is 0 Å². The van der Waals surface area contributed by atoms with E-state index in [0.29, 0.717) is 24.7 Å². The van der Waals surface area contributed by atoms with Gasteiger partial charge < -0.3 is 15.3 Å². The lowest BCUT2D eigenvalue weighted by Gasteiger charge is -2.24. The van der Waals surface area contributed by atoms with Crippen LogP contribution in [-0.4, -0.2) is 41.6 Å². The van der Waals surface area contributed by atoms with Crippen LogP contribution in [0.2, 0.25) is 0 Å². The van der Waals surface area contributed by atoms with Crippen LogP contribution in [0.1, 0.15) is 38.5 Å². The van der Waals surface area contributed by atoms with Crippen molar-refractivity contribution in [1.29, 1.82) is 0 Å². The van der Waals surface area contributed by atoms with E-state index in [1.807, 2.05) is 4.90 Å². The van der Waals surface area contributed by atoms with Crippen molar-refractivity contribution in [3.63, 3.8) is 0 Å². The summed E-state index contributed by atoms with van der Waals surface area (Å²) in [5.74, 6) is 0.585. The monoisotopic (exact) mass is 266 g/mol. The van der Waals surface area contributed by atoms with Gasteiger partial charge in [-0.1, -0.05) is 0 Å². The SMILES string of the molecule is O=C(NCC1(C(=O)O)CC1)N(CC1CC1)CC1CC1. The van der Waals surface area contributed by atoms with Crippen LogP contribution < -0.4 is 5.32 Å². The second-order valence-electron chi connectivity index (χ2n) is 6.54. The van der Waals surface area contributed by atoms with Crippen molar-refractivity contribution in [2.45, 2.75) is 38.5 Å². The molecule has 0 radical (unpaired) electrons. The van der Waals surface area contributed by atoms with Gasteiger partial charge in [0.25, 0.3) is 0 Å². The molecule has 0 atom stereocenters. The summed E-state index contributed by atoms with van der Waals surface area (Å²) in [4.78, 5) is 25.2. The number of carbonyl (C=O) groups is 2. The summed E-state index contributed by atoms with van der Waals surface area (Å²) in [5, 5.41) is 11.9. The standard InChI is InChI=1S/C14H22N2O3/c17-12(18)14(5-6-14)9-15-13(19)16(7-10-1-2-10)8-11-3-4-11/h10-11H,1-9H2,(H,15,19)(H,17,18).